The molecular weight excluding hydrogens is 302 g/mol. The van der Waals surface area contributed by atoms with Crippen molar-refractivity contribution in [3.05, 3.63) is 48.5 Å². The van der Waals surface area contributed by atoms with Crippen molar-refractivity contribution >= 4 is 16.7 Å². The quantitative estimate of drug-likeness (QED) is 0.798. The molecule has 1 unspecified atom stereocenters. The highest BCUT2D eigenvalue weighted by Gasteiger charge is 2.35. The van der Waals surface area contributed by atoms with E-state index in [2.05, 4.69) is 27.2 Å². The lowest BCUT2D eigenvalue weighted by Crippen LogP contribution is -2.50. The zero-order chi connectivity index (χ0) is 16.6. The topological polar surface area (TPSA) is 67.1 Å². The van der Waals surface area contributed by atoms with Crippen LogP contribution in [0.5, 0.6) is 0 Å². The van der Waals surface area contributed by atoms with Gasteiger partial charge in [-0.15, -0.1) is 10.2 Å². The number of aliphatic hydroxyl groups is 1. The minimum absolute atomic E-state index is 0.508. The standard InChI is InChI=1S/C18H21N5O/c1-22-13-19-21-17(22)11-18(24)9-4-10-23(12-18)16-8-7-14-5-2-3-6-15(14)20-16/h2-3,5-8,13,24H,4,9-12H2,1H3. The molecule has 6 heteroatoms. The highest BCUT2D eigenvalue weighted by molar-refractivity contribution is 5.80. The lowest BCUT2D eigenvalue weighted by molar-refractivity contribution is 0.0236. The molecule has 124 valence electrons. The smallest absolute Gasteiger partial charge is 0.135 e. The van der Waals surface area contributed by atoms with E-state index in [1.807, 2.05) is 35.9 Å². The van der Waals surface area contributed by atoms with Gasteiger partial charge in [-0.3, -0.25) is 0 Å². The molecule has 0 radical (unpaired) electrons. The third-order valence-electron chi connectivity index (χ3n) is 4.76. The Morgan fingerprint density at radius 3 is 2.92 bits per heavy atom. The van der Waals surface area contributed by atoms with E-state index in [1.165, 1.54) is 0 Å². The molecule has 0 saturated carbocycles. The molecule has 1 N–H and O–H groups in total. The average molecular weight is 323 g/mol. The van der Waals surface area contributed by atoms with Gasteiger partial charge in [-0.1, -0.05) is 18.2 Å². The third-order valence-corrected chi connectivity index (χ3v) is 4.76. The van der Waals surface area contributed by atoms with Crippen molar-refractivity contribution in [1.29, 1.82) is 0 Å². The highest BCUT2D eigenvalue weighted by atomic mass is 16.3. The number of β-amino-alcohol motifs (C(OH)–C–C–N with tert-alkyl or cyclic N) is 1. The van der Waals surface area contributed by atoms with Gasteiger partial charge in [0, 0.05) is 31.9 Å². The Bertz CT molecular complexity index is 861. The Morgan fingerprint density at radius 1 is 1.21 bits per heavy atom. The maximum Gasteiger partial charge on any atom is 0.135 e. The number of rotatable bonds is 3. The zero-order valence-corrected chi connectivity index (χ0v) is 13.8. The largest absolute Gasteiger partial charge is 0.388 e. The van der Waals surface area contributed by atoms with Crippen molar-refractivity contribution in [3.63, 3.8) is 0 Å². The number of para-hydroxylation sites is 1. The fraction of sp³-hybridized carbons (Fsp3) is 0.389. The first kappa shape index (κ1) is 15.1. The van der Waals surface area contributed by atoms with Crippen molar-refractivity contribution in [2.45, 2.75) is 24.9 Å². The predicted octanol–water partition coefficient (Wildman–Crippen LogP) is 1.94. The van der Waals surface area contributed by atoms with Gasteiger partial charge in [-0.2, -0.15) is 0 Å². The molecule has 6 nitrogen and oxygen atoms in total. The van der Waals surface area contributed by atoms with Crippen LogP contribution in [0.1, 0.15) is 18.7 Å². The van der Waals surface area contributed by atoms with E-state index in [9.17, 15) is 5.11 Å². The SMILES string of the molecule is Cn1cnnc1CC1(O)CCCN(c2ccc3ccccc3n2)C1. The van der Waals surface area contributed by atoms with Crippen LogP contribution in [0.25, 0.3) is 10.9 Å². The van der Waals surface area contributed by atoms with E-state index in [0.29, 0.717) is 13.0 Å². The summed E-state index contributed by atoms with van der Waals surface area (Å²) < 4.78 is 1.87. The molecule has 1 aliphatic heterocycles. The number of hydrogen-bond acceptors (Lipinski definition) is 5. The van der Waals surface area contributed by atoms with Gasteiger partial charge in [0.1, 0.15) is 18.0 Å². The second kappa shape index (κ2) is 5.87. The Morgan fingerprint density at radius 2 is 2.08 bits per heavy atom. The molecule has 1 fully saturated rings. The van der Waals surface area contributed by atoms with Gasteiger partial charge < -0.3 is 14.6 Å². The maximum absolute atomic E-state index is 11.1. The molecule has 1 atom stereocenters. The molecule has 0 spiro atoms. The minimum atomic E-state index is -0.799. The molecule has 0 bridgehead atoms. The van der Waals surface area contributed by atoms with E-state index < -0.39 is 5.60 Å². The molecule has 2 aromatic heterocycles. The summed E-state index contributed by atoms with van der Waals surface area (Å²) in [4.78, 5) is 6.93. The molecule has 1 aromatic carbocycles. The van der Waals surface area contributed by atoms with Gasteiger partial charge in [0.15, 0.2) is 0 Å². The van der Waals surface area contributed by atoms with Crippen LogP contribution >= 0.6 is 0 Å². The Kier molecular flexibility index (Phi) is 3.69. The van der Waals surface area contributed by atoms with Crippen LogP contribution in [0.3, 0.4) is 0 Å². The Hall–Kier alpha value is -2.47. The summed E-state index contributed by atoms with van der Waals surface area (Å²) in [5.74, 6) is 1.73. The molecule has 3 heterocycles. The highest BCUT2D eigenvalue weighted by Crippen LogP contribution is 2.28. The monoisotopic (exact) mass is 323 g/mol. The molecule has 4 rings (SSSR count). The Labute approximate surface area is 140 Å². The first-order valence-electron chi connectivity index (χ1n) is 8.29. The van der Waals surface area contributed by atoms with E-state index >= 15 is 0 Å². The van der Waals surface area contributed by atoms with E-state index in [0.717, 1.165) is 41.9 Å². The maximum atomic E-state index is 11.1. The molecule has 1 aliphatic rings. The molecule has 0 amide bonds. The second-order valence-electron chi connectivity index (χ2n) is 6.65. The van der Waals surface area contributed by atoms with Gasteiger partial charge in [-0.25, -0.2) is 4.98 Å². The average Bonchev–Trinajstić information content (AvgIpc) is 2.98. The number of nitrogens with zero attached hydrogens (tertiary/aromatic N) is 5. The van der Waals surface area contributed by atoms with Gasteiger partial charge in [0.25, 0.3) is 0 Å². The lowest BCUT2D eigenvalue weighted by atomic mass is 9.89. The van der Waals surface area contributed by atoms with Gasteiger partial charge in [-0.05, 0) is 31.0 Å². The van der Waals surface area contributed by atoms with Crippen molar-refractivity contribution < 1.29 is 5.11 Å². The van der Waals surface area contributed by atoms with Gasteiger partial charge in [0.2, 0.25) is 0 Å². The molecule has 24 heavy (non-hydrogen) atoms. The number of fused-ring (bicyclic) bond motifs is 1. The summed E-state index contributed by atoms with van der Waals surface area (Å²) in [7, 11) is 1.91. The molecule has 1 saturated heterocycles. The fourth-order valence-corrected chi connectivity index (χ4v) is 3.45. The Balaban J connectivity index is 1.58. The summed E-state index contributed by atoms with van der Waals surface area (Å²) in [5.41, 5.74) is 0.184. The fourth-order valence-electron chi connectivity index (χ4n) is 3.45. The van der Waals surface area contributed by atoms with Crippen LogP contribution in [0.2, 0.25) is 0 Å². The third kappa shape index (κ3) is 2.85. The van der Waals surface area contributed by atoms with Crippen molar-refractivity contribution in [3.8, 4) is 0 Å². The summed E-state index contributed by atoms with van der Waals surface area (Å²) in [6.45, 7) is 1.47. The molecule has 3 aromatic rings. The normalized spacial score (nSPS) is 21.3. The number of aromatic nitrogens is 4. The van der Waals surface area contributed by atoms with Gasteiger partial charge >= 0.3 is 0 Å². The first-order chi connectivity index (χ1) is 11.6. The number of anilines is 1. The number of benzene rings is 1. The summed E-state index contributed by atoms with van der Waals surface area (Å²) in [6, 6.07) is 12.2. The van der Waals surface area contributed by atoms with E-state index in [-0.39, 0.29) is 0 Å². The van der Waals surface area contributed by atoms with Crippen LogP contribution in [0.4, 0.5) is 5.82 Å². The van der Waals surface area contributed by atoms with Crippen LogP contribution < -0.4 is 4.90 Å². The van der Waals surface area contributed by atoms with E-state index in [1.54, 1.807) is 6.33 Å². The van der Waals surface area contributed by atoms with Crippen LogP contribution in [-0.2, 0) is 13.5 Å². The first-order valence-corrected chi connectivity index (χ1v) is 8.29. The zero-order valence-electron chi connectivity index (χ0n) is 13.8. The predicted molar refractivity (Wildman–Crippen MR) is 92.8 cm³/mol. The summed E-state index contributed by atoms with van der Waals surface area (Å²) in [5, 5.41) is 20.2. The summed E-state index contributed by atoms with van der Waals surface area (Å²) in [6.07, 6.45) is 3.88. The minimum Gasteiger partial charge on any atom is -0.388 e. The van der Waals surface area contributed by atoms with Crippen LogP contribution in [-0.4, -0.2) is 43.5 Å². The van der Waals surface area contributed by atoms with Crippen LogP contribution in [0, 0.1) is 0 Å². The second-order valence-corrected chi connectivity index (χ2v) is 6.65. The van der Waals surface area contributed by atoms with Crippen LogP contribution in [0.15, 0.2) is 42.7 Å². The van der Waals surface area contributed by atoms with Gasteiger partial charge in [0.05, 0.1) is 11.1 Å². The summed E-state index contributed by atoms with van der Waals surface area (Å²) >= 11 is 0. The van der Waals surface area contributed by atoms with Crippen molar-refractivity contribution in [1.82, 2.24) is 19.7 Å². The molecule has 0 aliphatic carbocycles. The number of hydrogen-bond donors (Lipinski definition) is 1. The lowest BCUT2D eigenvalue weighted by Gasteiger charge is -2.39. The number of piperidine rings is 1. The number of aryl methyl sites for hydroxylation is 1. The van der Waals surface area contributed by atoms with E-state index in [4.69, 9.17) is 4.98 Å². The number of pyridine rings is 1. The molecular formula is C18H21N5O. The van der Waals surface area contributed by atoms with Crippen molar-refractivity contribution in [2.75, 3.05) is 18.0 Å². The van der Waals surface area contributed by atoms with Crippen molar-refractivity contribution in [2.24, 2.45) is 7.05 Å².